The third-order valence-corrected chi connectivity index (χ3v) is 4.97. The molecule has 5 rings (SSSR count). The number of fused-ring (bicyclic) bond motifs is 2. The number of nitrogens with one attached hydrogen (secondary N) is 3. The molecule has 3 heterocycles. The van der Waals surface area contributed by atoms with Crippen LogP contribution in [0.25, 0.3) is 33.3 Å². The number of pyridine rings is 1. The van der Waals surface area contributed by atoms with Crippen LogP contribution in [0.3, 0.4) is 0 Å². The minimum atomic E-state index is -0.255. The standard InChI is InChI=1S/C21H17N7O/c22-12-13-5-6-15-14(11-13)19(27-28-9-7-23-8-10-28)18(21(29)26-15)20-24-16-3-1-2-4-17(16)25-20/h1-7,11H,8-10H2,(H,24,25)(H2,26,27,29). The molecule has 4 aromatic rings. The maximum atomic E-state index is 13.1. The van der Waals surface area contributed by atoms with Crippen molar-refractivity contribution >= 4 is 33.8 Å². The lowest BCUT2D eigenvalue weighted by molar-refractivity contribution is 0.377. The van der Waals surface area contributed by atoms with Gasteiger partial charge in [-0.05, 0) is 30.3 Å². The highest BCUT2D eigenvalue weighted by Gasteiger charge is 2.20. The second kappa shape index (κ2) is 6.89. The van der Waals surface area contributed by atoms with Crippen molar-refractivity contribution in [1.29, 1.82) is 5.26 Å². The molecule has 0 amide bonds. The minimum Gasteiger partial charge on any atom is -0.338 e. The Labute approximate surface area is 165 Å². The smallest absolute Gasteiger partial charge is 0.261 e. The van der Waals surface area contributed by atoms with Crippen LogP contribution < -0.4 is 11.0 Å². The van der Waals surface area contributed by atoms with Gasteiger partial charge in [-0.3, -0.25) is 9.79 Å². The molecule has 0 atom stereocenters. The lowest BCUT2D eigenvalue weighted by atomic mass is 10.1. The molecule has 0 unspecified atom stereocenters. The Morgan fingerprint density at radius 2 is 2.03 bits per heavy atom. The number of nitriles is 1. The highest BCUT2D eigenvalue weighted by atomic mass is 16.1. The van der Waals surface area contributed by atoms with E-state index < -0.39 is 0 Å². The average molecular weight is 383 g/mol. The van der Waals surface area contributed by atoms with Gasteiger partial charge in [0.15, 0.2) is 0 Å². The van der Waals surface area contributed by atoms with Crippen LogP contribution in [0.1, 0.15) is 5.56 Å². The number of aromatic nitrogens is 3. The highest BCUT2D eigenvalue weighted by Crippen LogP contribution is 2.31. The Hall–Kier alpha value is -3.96. The summed E-state index contributed by atoms with van der Waals surface area (Å²) in [7, 11) is 0. The average Bonchev–Trinajstić information content (AvgIpc) is 3.18. The van der Waals surface area contributed by atoms with Crippen LogP contribution >= 0.6 is 0 Å². The number of aliphatic imine (C=N–C) groups is 1. The topological polar surface area (TPSA) is 113 Å². The first-order valence-corrected chi connectivity index (χ1v) is 9.28. The number of para-hydroxylation sites is 2. The Kier molecular flexibility index (Phi) is 4.08. The summed E-state index contributed by atoms with van der Waals surface area (Å²) in [4.78, 5) is 28.1. The molecule has 142 valence electrons. The van der Waals surface area contributed by atoms with E-state index in [-0.39, 0.29) is 5.56 Å². The number of benzene rings is 2. The van der Waals surface area contributed by atoms with Crippen LogP contribution in [0.5, 0.6) is 0 Å². The summed E-state index contributed by atoms with van der Waals surface area (Å²) in [6.45, 7) is 2.01. The van der Waals surface area contributed by atoms with Crippen LogP contribution in [-0.2, 0) is 0 Å². The lowest BCUT2D eigenvalue weighted by Crippen LogP contribution is -2.37. The molecule has 1 aliphatic heterocycles. The summed E-state index contributed by atoms with van der Waals surface area (Å²) in [6, 6.07) is 15.0. The van der Waals surface area contributed by atoms with Gasteiger partial charge in [-0.25, -0.2) is 9.99 Å². The molecule has 8 heteroatoms. The van der Waals surface area contributed by atoms with Crippen molar-refractivity contribution in [2.24, 2.45) is 4.99 Å². The number of imidazole rings is 1. The van der Waals surface area contributed by atoms with Crippen molar-refractivity contribution in [1.82, 2.24) is 20.0 Å². The van der Waals surface area contributed by atoms with Crippen LogP contribution in [-0.4, -0.2) is 45.8 Å². The van der Waals surface area contributed by atoms with Crippen LogP contribution in [0, 0.1) is 11.3 Å². The quantitative estimate of drug-likeness (QED) is 0.503. The first-order chi connectivity index (χ1) is 14.2. The fourth-order valence-corrected chi connectivity index (χ4v) is 3.55. The zero-order chi connectivity index (χ0) is 19.8. The van der Waals surface area contributed by atoms with Crippen LogP contribution in [0.15, 0.2) is 52.3 Å². The molecule has 0 radical (unpaired) electrons. The molecule has 0 fully saturated rings. The van der Waals surface area contributed by atoms with Gasteiger partial charge in [0, 0.05) is 18.1 Å². The SMILES string of the molecule is N#Cc1ccc2[nH]c(=O)c(-c3nc4ccccc4[nH]3)c(NN3CC=NCC3)c2c1. The number of hydrazine groups is 1. The van der Waals surface area contributed by atoms with Gasteiger partial charge in [0.1, 0.15) is 11.4 Å². The second-order valence-electron chi connectivity index (χ2n) is 6.83. The summed E-state index contributed by atoms with van der Waals surface area (Å²) >= 11 is 0. The molecule has 0 saturated heterocycles. The van der Waals surface area contributed by atoms with E-state index >= 15 is 0 Å². The van der Waals surface area contributed by atoms with Crippen molar-refractivity contribution in [3.8, 4) is 17.5 Å². The zero-order valence-corrected chi connectivity index (χ0v) is 15.4. The highest BCUT2D eigenvalue weighted by molar-refractivity contribution is 5.99. The molecule has 0 saturated carbocycles. The van der Waals surface area contributed by atoms with E-state index in [4.69, 9.17) is 0 Å². The Balaban J connectivity index is 1.77. The number of nitrogens with zero attached hydrogens (tertiary/aromatic N) is 4. The fourth-order valence-electron chi connectivity index (χ4n) is 3.55. The van der Waals surface area contributed by atoms with Gasteiger partial charge in [-0.2, -0.15) is 5.26 Å². The van der Waals surface area contributed by atoms with Crippen molar-refractivity contribution in [2.75, 3.05) is 25.1 Å². The van der Waals surface area contributed by atoms with E-state index in [1.165, 1.54) is 0 Å². The molecule has 0 spiro atoms. The molecule has 2 aromatic heterocycles. The van der Waals surface area contributed by atoms with E-state index in [9.17, 15) is 10.1 Å². The van der Waals surface area contributed by atoms with E-state index in [0.717, 1.165) is 16.4 Å². The number of rotatable bonds is 3. The van der Waals surface area contributed by atoms with Gasteiger partial charge >= 0.3 is 0 Å². The summed E-state index contributed by atoms with van der Waals surface area (Å²) < 4.78 is 0. The molecule has 0 bridgehead atoms. The zero-order valence-electron chi connectivity index (χ0n) is 15.4. The molecule has 2 aromatic carbocycles. The molecule has 3 N–H and O–H groups in total. The maximum Gasteiger partial charge on any atom is 0.261 e. The number of H-pyrrole nitrogens is 2. The first kappa shape index (κ1) is 17.2. The third-order valence-electron chi connectivity index (χ3n) is 4.97. The van der Waals surface area contributed by atoms with E-state index in [0.29, 0.717) is 47.8 Å². The molecular weight excluding hydrogens is 366 g/mol. The van der Waals surface area contributed by atoms with Crippen molar-refractivity contribution in [3.63, 3.8) is 0 Å². The molecule has 8 nitrogen and oxygen atoms in total. The predicted molar refractivity (Wildman–Crippen MR) is 113 cm³/mol. The van der Waals surface area contributed by atoms with E-state index in [2.05, 4.69) is 31.4 Å². The molecule has 1 aliphatic rings. The van der Waals surface area contributed by atoms with Crippen molar-refractivity contribution in [2.45, 2.75) is 0 Å². The summed E-state index contributed by atoms with van der Waals surface area (Å²) in [5.41, 5.74) is 6.96. The Morgan fingerprint density at radius 3 is 2.83 bits per heavy atom. The molecular formula is C21H17N7O. The summed E-state index contributed by atoms with van der Waals surface area (Å²) in [6.07, 6.45) is 1.84. The van der Waals surface area contributed by atoms with Gasteiger partial charge in [0.2, 0.25) is 0 Å². The summed E-state index contributed by atoms with van der Waals surface area (Å²) in [5.74, 6) is 0.477. The first-order valence-electron chi connectivity index (χ1n) is 9.28. The van der Waals surface area contributed by atoms with Gasteiger partial charge < -0.3 is 15.4 Å². The minimum absolute atomic E-state index is 0.255. The lowest BCUT2D eigenvalue weighted by Gasteiger charge is -2.26. The normalized spacial score (nSPS) is 14.3. The van der Waals surface area contributed by atoms with Crippen LogP contribution in [0.2, 0.25) is 0 Å². The van der Waals surface area contributed by atoms with E-state index in [1.54, 1.807) is 18.2 Å². The third kappa shape index (κ3) is 3.03. The molecule has 29 heavy (non-hydrogen) atoms. The van der Waals surface area contributed by atoms with Gasteiger partial charge in [0.25, 0.3) is 5.56 Å². The Morgan fingerprint density at radius 1 is 1.14 bits per heavy atom. The van der Waals surface area contributed by atoms with Gasteiger partial charge in [0.05, 0.1) is 47.0 Å². The maximum absolute atomic E-state index is 13.1. The van der Waals surface area contributed by atoms with Crippen molar-refractivity contribution in [3.05, 3.63) is 58.4 Å². The van der Waals surface area contributed by atoms with Crippen LogP contribution in [0.4, 0.5) is 5.69 Å². The van der Waals surface area contributed by atoms with E-state index in [1.807, 2.05) is 35.5 Å². The van der Waals surface area contributed by atoms with Crippen molar-refractivity contribution < 1.29 is 0 Å². The number of hydrogen-bond donors (Lipinski definition) is 3. The second-order valence-corrected chi connectivity index (χ2v) is 6.83. The predicted octanol–water partition coefficient (Wildman–Crippen LogP) is 2.66. The molecule has 0 aliphatic carbocycles. The number of aromatic amines is 2. The van der Waals surface area contributed by atoms with Gasteiger partial charge in [-0.15, -0.1) is 0 Å². The largest absolute Gasteiger partial charge is 0.338 e. The Bertz CT molecular complexity index is 1330. The monoisotopic (exact) mass is 383 g/mol. The number of hydrogen-bond acceptors (Lipinski definition) is 6. The summed E-state index contributed by atoms with van der Waals surface area (Å²) in [5, 5.41) is 12.1. The fraction of sp³-hybridized carbons (Fsp3) is 0.143. The van der Waals surface area contributed by atoms with Gasteiger partial charge in [-0.1, -0.05) is 12.1 Å². The number of anilines is 1.